The maximum absolute atomic E-state index is 12.9. The number of Topliss-reactive ketones (excluding diaryl/α,β-unsaturated/α-hetero) is 1. The highest BCUT2D eigenvalue weighted by Gasteiger charge is 2.17. The van der Waals surface area contributed by atoms with Gasteiger partial charge < -0.3 is 29.3 Å². The molecule has 3 aromatic carbocycles. The minimum absolute atomic E-state index is 0.0302. The normalized spacial score (nSPS) is 12.2. The molecule has 2 amide bonds. The molecule has 0 aliphatic carbocycles. The van der Waals surface area contributed by atoms with Crippen molar-refractivity contribution in [2.45, 2.75) is 13.8 Å². The van der Waals surface area contributed by atoms with Crippen molar-refractivity contribution in [3.63, 3.8) is 0 Å². The smallest absolute Gasteiger partial charge is 0.291 e. The summed E-state index contributed by atoms with van der Waals surface area (Å²) < 4.78 is 22.2. The minimum Gasteiger partial charge on any atom is -0.486 e. The lowest BCUT2D eigenvalue weighted by atomic mass is 10.1. The van der Waals surface area contributed by atoms with Gasteiger partial charge in [0.1, 0.15) is 31.2 Å². The molecular weight excluding hydrogens is 476 g/mol. The second kappa shape index (κ2) is 10.1. The number of nitrogens with one attached hydrogen (secondary N) is 2. The van der Waals surface area contributed by atoms with Crippen molar-refractivity contribution in [2.24, 2.45) is 0 Å². The first-order valence-electron chi connectivity index (χ1n) is 11.6. The number of ketones is 1. The Morgan fingerprint density at radius 2 is 1.68 bits per heavy atom. The molecular formula is C28H24N2O7. The zero-order valence-corrected chi connectivity index (χ0v) is 20.3. The molecule has 1 aliphatic heterocycles. The zero-order chi connectivity index (χ0) is 25.9. The highest BCUT2D eigenvalue weighted by molar-refractivity contribution is 6.07. The van der Waals surface area contributed by atoms with Crippen LogP contribution in [0.1, 0.15) is 33.4 Å². The van der Waals surface area contributed by atoms with E-state index in [9.17, 15) is 14.4 Å². The van der Waals surface area contributed by atoms with E-state index in [1.165, 1.54) is 6.92 Å². The number of hydrogen-bond acceptors (Lipinski definition) is 7. The fraction of sp³-hybridized carbons (Fsp3) is 0.179. The van der Waals surface area contributed by atoms with E-state index < -0.39 is 5.91 Å². The van der Waals surface area contributed by atoms with Gasteiger partial charge in [-0.2, -0.15) is 0 Å². The first-order valence-corrected chi connectivity index (χ1v) is 11.6. The number of fused-ring (bicyclic) bond motifs is 2. The first kappa shape index (κ1) is 23.9. The molecule has 9 heteroatoms. The Kier molecular flexibility index (Phi) is 6.51. The Balaban J connectivity index is 1.29. The van der Waals surface area contributed by atoms with Crippen molar-refractivity contribution in [3.05, 3.63) is 77.6 Å². The molecule has 0 fully saturated rings. The van der Waals surface area contributed by atoms with Gasteiger partial charge in [0, 0.05) is 22.3 Å². The summed E-state index contributed by atoms with van der Waals surface area (Å²) in [6, 6.07) is 16.9. The monoisotopic (exact) mass is 500 g/mol. The van der Waals surface area contributed by atoms with Crippen LogP contribution in [-0.2, 0) is 4.79 Å². The lowest BCUT2D eigenvalue weighted by Gasteiger charge is -2.18. The fourth-order valence-corrected chi connectivity index (χ4v) is 3.81. The number of rotatable bonds is 7. The highest BCUT2D eigenvalue weighted by Crippen LogP contribution is 2.31. The van der Waals surface area contributed by atoms with E-state index in [-0.39, 0.29) is 24.1 Å². The Labute approximate surface area is 212 Å². The molecule has 0 saturated carbocycles. The van der Waals surface area contributed by atoms with Crippen LogP contribution in [0.5, 0.6) is 17.2 Å². The SMILES string of the molecule is CC(=O)COc1ccc2oc(C(=O)Nc3cc(NC(=O)c4ccc5c(c4)OCCO5)ccc3C)cc2c1. The maximum Gasteiger partial charge on any atom is 0.291 e. The van der Waals surface area contributed by atoms with Crippen LogP contribution >= 0.6 is 0 Å². The van der Waals surface area contributed by atoms with Gasteiger partial charge in [-0.15, -0.1) is 0 Å². The molecule has 5 rings (SSSR count). The number of aryl methyl sites for hydroxylation is 1. The van der Waals surface area contributed by atoms with Gasteiger partial charge in [0.05, 0.1) is 0 Å². The van der Waals surface area contributed by atoms with Crippen molar-refractivity contribution < 1.29 is 33.0 Å². The molecule has 188 valence electrons. The number of carbonyl (C=O) groups excluding carboxylic acids is 3. The average Bonchev–Trinajstić information content (AvgIpc) is 3.33. The van der Waals surface area contributed by atoms with Gasteiger partial charge in [0.15, 0.2) is 23.0 Å². The van der Waals surface area contributed by atoms with Crippen molar-refractivity contribution in [3.8, 4) is 17.2 Å². The Morgan fingerprint density at radius 3 is 2.49 bits per heavy atom. The van der Waals surface area contributed by atoms with E-state index in [1.807, 2.05) is 6.92 Å². The summed E-state index contributed by atoms with van der Waals surface area (Å²) in [5, 5.41) is 6.36. The van der Waals surface area contributed by atoms with Crippen molar-refractivity contribution in [1.29, 1.82) is 0 Å². The van der Waals surface area contributed by atoms with Crippen LogP contribution in [0, 0.1) is 6.92 Å². The number of anilines is 2. The Morgan fingerprint density at radius 1 is 0.865 bits per heavy atom. The van der Waals surface area contributed by atoms with Gasteiger partial charge >= 0.3 is 0 Å². The molecule has 0 saturated heterocycles. The largest absolute Gasteiger partial charge is 0.486 e. The number of carbonyl (C=O) groups is 3. The lowest BCUT2D eigenvalue weighted by Crippen LogP contribution is -2.17. The Hall–Kier alpha value is -4.79. The summed E-state index contributed by atoms with van der Waals surface area (Å²) in [6.45, 7) is 4.16. The number of benzene rings is 3. The van der Waals surface area contributed by atoms with E-state index in [2.05, 4.69) is 10.6 Å². The maximum atomic E-state index is 12.9. The van der Waals surface area contributed by atoms with Crippen LogP contribution in [0.2, 0.25) is 0 Å². The fourth-order valence-electron chi connectivity index (χ4n) is 3.81. The van der Waals surface area contributed by atoms with E-state index >= 15 is 0 Å². The second-order valence-electron chi connectivity index (χ2n) is 8.60. The molecule has 0 spiro atoms. The molecule has 0 radical (unpaired) electrons. The molecule has 1 aliphatic rings. The number of hydrogen-bond donors (Lipinski definition) is 2. The van der Waals surface area contributed by atoms with Crippen molar-refractivity contribution >= 4 is 39.9 Å². The third-order valence-corrected chi connectivity index (χ3v) is 5.70. The molecule has 37 heavy (non-hydrogen) atoms. The van der Waals surface area contributed by atoms with Crippen LogP contribution in [-0.4, -0.2) is 37.4 Å². The van der Waals surface area contributed by atoms with E-state index in [4.69, 9.17) is 18.6 Å². The molecule has 0 bridgehead atoms. The summed E-state index contributed by atoms with van der Waals surface area (Å²) in [6.07, 6.45) is 0. The van der Waals surface area contributed by atoms with Crippen LogP contribution in [0.15, 0.2) is 65.1 Å². The quantitative estimate of drug-likeness (QED) is 0.367. The predicted molar refractivity (Wildman–Crippen MR) is 137 cm³/mol. The summed E-state index contributed by atoms with van der Waals surface area (Å²) >= 11 is 0. The van der Waals surface area contributed by atoms with E-state index in [0.717, 1.165) is 5.56 Å². The molecule has 2 N–H and O–H groups in total. The topological polar surface area (TPSA) is 116 Å². The molecule has 2 heterocycles. The minimum atomic E-state index is -0.444. The van der Waals surface area contributed by atoms with Gasteiger partial charge in [-0.3, -0.25) is 14.4 Å². The summed E-state index contributed by atoms with van der Waals surface area (Å²) in [7, 11) is 0. The molecule has 4 aromatic rings. The van der Waals surface area contributed by atoms with Gasteiger partial charge in [0.2, 0.25) is 0 Å². The van der Waals surface area contributed by atoms with Gasteiger partial charge in [-0.05, 0) is 74.0 Å². The standard InChI is InChI=1S/C28H24N2O7/c1-16-3-5-20(29-27(32)18-4-7-24-25(12-18)35-10-9-34-24)14-22(16)30-28(33)26-13-19-11-21(36-15-17(2)31)6-8-23(19)37-26/h3-8,11-14H,9-10,15H2,1-2H3,(H,29,32)(H,30,33). The van der Waals surface area contributed by atoms with Gasteiger partial charge in [0.25, 0.3) is 11.8 Å². The first-order chi connectivity index (χ1) is 17.9. The van der Waals surface area contributed by atoms with E-state index in [0.29, 0.717) is 58.4 Å². The molecule has 9 nitrogen and oxygen atoms in total. The highest BCUT2D eigenvalue weighted by atomic mass is 16.6. The third kappa shape index (κ3) is 5.40. The van der Waals surface area contributed by atoms with Gasteiger partial charge in [-0.1, -0.05) is 6.07 Å². The average molecular weight is 501 g/mol. The number of furan rings is 1. The zero-order valence-electron chi connectivity index (χ0n) is 20.3. The van der Waals surface area contributed by atoms with Crippen molar-refractivity contribution in [1.82, 2.24) is 0 Å². The second-order valence-corrected chi connectivity index (χ2v) is 8.60. The van der Waals surface area contributed by atoms with Crippen molar-refractivity contribution in [2.75, 3.05) is 30.5 Å². The summed E-state index contributed by atoms with van der Waals surface area (Å²) in [4.78, 5) is 36.9. The molecule has 0 unspecified atom stereocenters. The Bertz CT molecular complexity index is 1520. The van der Waals surface area contributed by atoms with Crippen LogP contribution in [0.25, 0.3) is 11.0 Å². The van der Waals surface area contributed by atoms with Gasteiger partial charge in [-0.25, -0.2) is 0 Å². The molecule has 0 atom stereocenters. The summed E-state index contributed by atoms with van der Waals surface area (Å²) in [5.74, 6) is 0.899. The number of ether oxygens (including phenoxy) is 3. The number of amides is 2. The lowest BCUT2D eigenvalue weighted by molar-refractivity contribution is -0.118. The van der Waals surface area contributed by atoms with Crippen LogP contribution in [0.3, 0.4) is 0 Å². The van der Waals surface area contributed by atoms with Crippen LogP contribution < -0.4 is 24.8 Å². The van der Waals surface area contributed by atoms with Crippen LogP contribution in [0.4, 0.5) is 11.4 Å². The van der Waals surface area contributed by atoms with E-state index in [1.54, 1.807) is 60.7 Å². The predicted octanol–water partition coefficient (Wildman–Crippen LogP) is 4.98. The summed E-state index contributed by atoms with van der Waals surface area (Å²) in [5.41, 5.74) is 2.78. The third-order valence-electron chi connectivity index (χ3n) is 5.70. The molecule has 1 aromatic heterocycles.